The van der Waals surface area contributed by atoms with Crippen LogP contribution in [0.3, 0.4) is 0 Å². The molecule has 2 aromatic rings. The zero-order valence-electron chi connectivity index (χ0n) is 17.6. The topological polar surface area (TPSA) is 9.23 Å². The summed E-state index contributed by atoms with van der Waals surface area (Å²) in [4.78, 5) is 0. The van der Waals surface area contributed by atoms with Gasteiger partial charge < -0.3 is 0 Å². The van der Waals surface area contributed by atoms with Gasteiger partial charge in [-0.3, -0.25) is 0 Å². The molecule has 151 valence electrons. The van der Waals surface area contributed by atoms with E-state index in [-0.39, 0.29) is 30.2 Å². The van der Waals surface area contributed by atoms with E-state index in [4.69, 9.17) is 4.74 Å². The Morgan fingerprint density at radius 2 is 1.68 bits per heavy atom. The molecule has 1 atom stereocenters. The van der Waals surface area contributed by atoms with Gasteiger partial charge in [0.15, 0.2) is 0 Å². The number of hydrogen-bond donors (Lipinski definition) is 0. The largest absolute Gasteiger partial charge is 0.147 e. The van der Waals surface area contributed by atoms with E-state index in [9.17, 15) is 0 Å². The van der Waals surface area contributed by atoms with Crippen molar-refractivity contribution in [1.82, 2.24) is 0 Å². The van der Waals surface area contributed by atoms with Gasteiger partial charge in [0, 0.05) is 0 Å². The fraction of sp³-hybridized carbons (Fsp3) is 0.417. The second kappa shape index (κ2) is 9.97. The smallest absolute Gasteiger partial charge is 0.147 e. The third-order valence-corrected chi connectivity index (χ3v) is 6.76. The minimum Gasteiger partial charge on any atom is -0.147 e. The van der Waals surface area contributed by atoms with Crippen molar-refractivity contribution in [3.05, 3.63) is 58.7 Å². The second-order valence-corrected chi connectivity index (χ2v) is 10.1. The first kappa shape index (κ1) is 25.5. The van der Waals surface area contributed by atoms with Gasteiger partial charge in [-0.15, -0.1) is 24.8 Å². The van der Waals surface area contributed by atoms with Crippen molar-refractivity contribution in [2.75, 3.05) is 7.11 Å². The molecule has 0 aromatic heterocycles. The molecule has 1 aliphatic rings. The predicted octanol–water partition coefficient (Wildman–Crippen LogP) is 7.53. The Morgan fingerprint density at radius 1 is 1.07 bits per heavy atom. The average molecular weight is 498 g/mol. The number of rotatable bonds is 4. The number of methoxy groups -OCH3 is 1. The van der Waals surface area contributed by atoms with Gasteiger partial charge in [0.05, 0.1) is 0 Å². The van der Waals surface area contributed by atoms with Crippen molar-refractivity contribution in [1.29, 1.82) is 0 Å². The Balaban J connectivity index is 0.00000196. The number of ether oxygens (including phenoxy) is 1. The van der Waals surface area contributed by atoms with Gasteiger partial charge in [-0.1, -0.05) is 0 Å². The van der Waals surface area contributed by atoms with E-state index in [0.29, 0.717) is 9.54 Å². The maximum absolute atomic E-state index is 6.01. The van der Waals surface area contributed by atoms with E-state index < -0.39 is 0 Å². The zero-order chi connectivity index (χ0) is 19.1. The summed E-state index contributed by atoms with van der Waals surface area (Å²) in [6.45, 7) is 11.5. The zero-order valence-corrected chi connectivity index (χ0v) is 21.7. The molecule has 0 amide bonds. The van der Waals surface area contributed by atoms with Crippen molar-refractivity contribution < 1.29 is 29.5 Å². The fourth-order valence-electron chi connectivity index (χ4n) is 3.87. The summed E-state index contributed by atoms with van der Waals surface area (Å²) >= 11 is 1.58. The maximum Gasteiger partial charge on any atom is -0.147 e. The van der Waals surface area contributed by atoms with E-state index in [1.807, 2.05) is 7.11 Å². The van der Waals surface area contributed by atoms with E-state index in [1.165, 1.54) is 34.2 Å². The van der Waals surface area contributed by atoms with Gasteiger partial charge in [-0.2, -0.15) is 0 Å². The Morgan fingerprint density at radius 3 is 2.18 bits per heavy atom. The van der Waals surface area contributed by atoms with Crippen LogP contribution >= 0.6 is 24.8 Å². The van der Waals surface area contributed by atoms with Gasteiger partial charge in [0.1, 0.15) is 0 Å². The first-order valence-corrected chi connectivity index (χ1v) is 10.9. The van der Waals surface area contributed by atoms with Crippen LogP contribution in [-0.2, 0) is 30.1 Å². The minimum absolute atomic E-state index is 0. The van der Waals surface area contributed by atoms with Crippen LogP contribution in [0.15, 0.2) is 42.0 Å². The Labute approximate surface area is 198 Å². The summed E-state index contributed by atoms with van der Waals surface area (Å²) in [5.74, 6) is 1.72. The third-order valence-electron chi connectivity index (χ3n) is 5.08. The molecular weight excluding hydrogens is 466 g/mol. The molecule has 0 radical (unpaired) electrons. The fourth-order valence-corrected chi connectivity index (χ4v) is 4.95. The summed E-state index contributed by atoms with van der Waals surface area (Å²) in [6.07, 6.45) is 3.62. The SMILES string of the molecule is COc1c(C(C)(C)C)cc2c(c1-c1ccccc1)C=C(CC(C)C)[CH]2[Zr].Cl.Cl. The molecule has 2 aromatic carbocycles. The van der Waals surface area contributed by atoms with Crippen LogP contribution in [-0.4, -0.2) is 7.11 Å². The number of allylic oxidation sites excluding steroid dienone is 1. The Bertz CT molecular complexity index is 836. The molecule has 1 unspecified atom stereocenters. The third kappa shape index (κ3) is 4.95. The monoisotopic (exact) mass is 495 g/mol. The summed E-state index contributed by atoms with van der Waals surface area (Å²) in [5, 5.41) is 0. The van der Waals surface area contributed by atoms with Gasteiger partial charge in [0.2, 0.25) is 0 Å². The molecule has 0 spiro atoms. The second-order valence-electron chi connectivity index (χ2n) is 8.70. The van der Waals surface area contributed by atoms with Crippen molar-refractivity contribution in [2.24, 2.45) is 5.92 Å². The molecule has 4 heteroatoms. The van der Waals surface area contributed by atoms with Crippen molar-refractivity contribution in [3.8, 4) is 16.9 Å². The van der Waals surface area contributed by atoms with Crippen LogP contribution in [0, 0.1) is 5.92 Å². The molecule has 0 N–H and O–H groups in total. The molecule has 1 nitrogen and oxygen atoms in total. The molecule has 0 heterocycles. The van der Waals surface area contributed by atoms with Crippen LogP contribution in [0.25, 0.3) is 17.2 Å². The van der Waals surface area contributed by atoms with E-state index >= 15 is 0 Å². The van der Waals surface area contributed by atoms with Crippen molar-refractivity contribution >= 4 is 30.9 Å². The molecule has 28 heavy (non-hydrogen) atoms. The number of hydrogen-bond acceptors (Lipinski definition) is 1. The minimum atomic E-state index is 0. The maximum atomic E-state index is 6.01. The summed E-state index contributed by atoms with van der Waals surface area (Å²) in [5.41, 5.74) is 8.31. The molecule has 0 saturated carbocycles. The summed E-state index contributed by atoms with van der Waals surface area (Å²) in [6, 6.07) is 13.1. The summed E-state index contributed by atoms with van der Waals surface area (Å²) < 4.78 is 6.58. The molecule has 3 rings (SSSR count). The van der Waals surface area contributed by atoms with Gasteiger partial charge >= 0.3 is 174 Å². The molecule has 0 fully saturated rings. The Kier molecular flexibility index (Phi) is 9.07. The number of fused-ring (bicyclic) bond motifs is 1. The molecule has 1 aliphatic carbocycles. The first-order chi connectivity index (χ1) is 12.2. The van der Waals surface area contributed by atoms with E-state index in [0.717, 1.165) is 5.75 Å². The predicted molar refractivity (Wildman–Crippen MR) is 122 cm³/mol. The molecule has 0 saturated heterocycles. The van der Waals surface area contributed by atoms with Gasteiger partial charge in [-0.05, 0) is 0 Å². The van der Waals surface area contributed by atoms with Gasteiger partial charge in [0.25, 0.3) is 0 Å². The Hall–Kier alpha value is -0.557. The standard InChI is InChI=1S/C24H29O.2ClH.Zr/c1-16(2)12-17-13-19-15-21(24(3,4)5)23(25-6)22(20(19)14-17)18-10-8-7-9-11-18;;;/h7-11,13-16H,12H2,1-6H3;2*1H;. The quantitative estimate of drug-likeness (QED) is 0.424. The number of benzene rings is 2. The van der Waals surface area contributed by atoms with Crippen LogP contribution in [0.5, 0.6) is 5.75 Å². The van der Waals surface area contributed by atoms with Crippen LogP contribution in [0.2, 0.25) is 0 Å². The van der Waals surface area contributed by atoms with Crippen LogP contribution in [0.4, 0.5) is 0 Å². The summed E-state index contributed by atoms with van der Waals surface area (Å²) in [7, 11) is 1.81. The van der Waals surface area contributed by atoms with Crippen LogP contribution < -0.4 is 4.74 Å². The first-order valence-electron chi connectivity index (χ1n) is 9.46. The number of halogens is 2. The van der Waals surface area contributed by atoms with Crippen molar-refractivity contribution in [2.45, 2.75) is 50.1 Å². The molecular formula is C24H31Cl2OZr. The van der Waals surface area contributed by atoms with E-state index in [2.05, 4.69) is 77.1 Å². The average Bonchev–Trinajstić information content (AvgIpc) is 2.88. The van der Waals surface area contributed by atoms with Crippen molar-refractivity contribution in [3.63, 3.8) is 0 Å². The molecule has 0 bridgehead atoms. The molecule has 0 aliphatic heterocycles. The normalized spacial score (nSPS) is 15.4. The van der Waals surface area contributed by atoms with E-state index in [1.54, 1.807) is 30.3 Å². The van der Waals surface area contributed by atoms with Gasteiger partial charge in [-0.25, -0.2) is 0 Å². The van der Waals surface area contributed by atoms with Crippen LogP contribution in [0.1, 0.15) is 61.4 Å².